The van der Waals surface area contributed by atoms with Crippen LogP contribution in [0.5, 0.6) is 11.5 Å². The van der Waals surface area contributed by atoms with Crippen molar-refractivity contribution in [1.29, 1.82) is 5.26 Å². The molecule has 0 N–H and O–H groups in total. The summed E-state index contributed by atoms with van der Waals surface area (Å²) in [5.74, 6) is 1.70. The van der Waals surface area contributed by atoms with Crippen LogP contribution in [-0.2, 0) is 4.79 Å². The van der Waals surface area contributed by atoms with Crippen LogP contribution in [0.1, 0.15) is 29.9 Å². The Morgan fingerprint density at radius 1 is 1.06 bits per heavy atom. The third-order valence-corrected chi connectivity index (χ3v) is 6.91. The molecule has 0 amide bonds. The predicted molar refractivity (Wildman–Crippen MR) is 130 cm³/mol. The molecule has 3 aromatic carbocycles. The van der Waals surface area contributed by atoms with Crippen molar-refractivity contribution in [3.8, 4) is 17.6 Å². The number of benzene rings is 3. The molecule has 0 spiro atoms. The van der Waals surface area contributed by atoms with E-state index in [0.29, 0.717) is 17.1 Å². The van der Waals surface area contributed by atoms with Gasteiger partial charge in [-0.1, -0.05) is 48.5 Å². The fourth-order valence-corrected chi connectivity index (χ4v) is 4.92. The average molecular weight is 444 g/mol. The number of Topliss-reactive ketones (excluding diaryl/α,β-unsaturated/α-hetero) is 1. The second kappa shape index (κ2) is 9.50. The summed E-state index contributed by atoms with van der Waals surface area (Å²) in [6.07, 6.45) is 3.04. The number of thioether (sulfide) groups is 1. The summed E-state index contributed by atoms with van der Waals surface area (Å²) in [7, 11) is 3.23. The largest absolute Gasteiger partial charge is 0.493 e. The van der Waals surface area contributed by atoms with Gasteiger partial charge in [0, 0.05) is 22.8 Å². The van der Waals surface area contributed by atoms with E-state index in [1.165, 1.54) is 11.8 Å². The van der Waals surface area contributed by atoms with E-state index in [0.717, 1.165) is 33.2 Å². The molecule has 0 unspecified atom stereocenters. The molecule has 1 aliphatic carbocycles. The minimum atomic E-state index is -0.0253. The van der Waals surface area contributed by atoms with Crippen LogP contribution in [0, 0.1) is 17.2 Å². The Kier molecular flexibility index (Phi) is 6.53. The highest BCUT2D eigenvalue weighted by Crippen LogP contribution is 2.51. The maximum atomic E-state index is 13.1. The quantitative estimate of drug-likeness (QED) is 0.387. The van der Waals surface area contributed by atoms with Crippen LogP contribution in [0.2, 0.25) is 0 Å². The zero-order chi connectivity index (χ0) is 22.7. The molecule has 0 bridgehead atoms. The Labute approximate surface area is 192 Å². The molecule has 5 heteroatoms. The number of fused-ring (bicyclic) bond motifs is 1. The molecular weight excluding hydrogens is 418 g/mol. The van der Waals surface area contributed by atoms with Crippen molar-refractivity contribution in [2.75, 3.05) is 20.5 Å². The summed E-state index contributed by atoms with van der Waals surface area (Å²) in [6.45, 7) is 0. The lowest BCUT2D eigenvalue weighted by atomic mass is 9.97. The molecule has 0 radical (unpaired) electrons. The topological polar surface area (TPSA) is 59.3 Å². The lowest BCUT2D eigenvalue weighted by Crippen LogP contribution is -2.04. The maximum absolute atomic E-state index is 13.1. The van der Waals surface area contributed by atoms with E-state index in [1.54, 1.807) is 14.2 Å². The fraction of sp³-hybridized carbons (Fsp3) is 0.259. The van der Waals surface area contributed by atoms with Crippen LogP contribution >= 0.6 is 11.8 Å². The van der Waals surface area contributed by atoms with Gasteiger partial charge in [0.15, 0.2) is 11.5 Å². The molecule has 0 saturated heterocycles. The Hall–Kier alpha value is -3.23. The van der Waals surface area contributed by atoms with Gasteiger partial charge in [0.05, 0.1) is 19.8 Å². The van der Waals surface area contributed by atoms with Gasteiger partial charge in [-0.3, -0.25) is 4.79 Å². The van der Waals surface area contributed by atoms with Crippen molar-refractivity contribution < 1.29 is 14.3 Å². The van der Waals surface area contributed by atoms with Crippen molar-refractivity contribution in [3.63, 3.8) is 0 Å². The second-order valence-electron chi connectivity index (χ2n) is 7.85. The Morgan fingerprint density at radius 3 is 2.53 bits per heavy atom. The third-order valence-electron chi connectivity index (χ3n) is 6.07. The van der Waals surface area contributed by atoms with E-state index in [2.05, 4.69) is 6.07 Å². The lowest BCUT2D eigenvalue weighted by Gasteiger charge is -2.11. The molecule has 1 aliphatic rings. The van der Waals surface area contributed by atoms with Gasteiger partial charge < -0.3 is 9.47 Å². The molecule has 0 aliphatic heterocycles. The number of rotatable bonds is 8. The number of ether oxygens (including phenoxy) is 2. The van der Waals surface area contributed by atoms with Crippen LogP contribution in [-0.4, -0.2) is 26.3 Å². The Balaban J connectivity index is 1.58. The lowest BCUT2D eigenvalue weighted by molar-refractivity contribution is -0.119. The second-order valence-corrected chi connectivity index (χ2v) is 8.75. The van der Waals surface area contributed by atoms with E-state index < -0.39 is 0 Å². The first kappa shape index (κ1) is 22.0. The summed E-state index contributed by atoms with van der Waals surface area (Å²) in [4.78, 5) is 14.0. The smallest absolute Gasteiger partial charge is 0.160 e. The Bertz CT molecular complexity index is 1240. The van der Waals surface area contributed by atoms with Crippen LogP contribution in [0.3, 0.4) is 0 Å². The number of carbonyl (C=O) groups is 1. The number of nitrogens with zero attached hydrogens (tertiary/aromatic N) is 1. The molecule has 0 heterocycles. The van der Waals surface area contributed by atoms with Crippen molar-refractivity contribution in [3.05, 3.63) is 76.7 Å². The number of carbonyl (C=O) groups excluding carboxylic acids is 1. The molecule has 32 heavy (non-hydrogen) atoms. The minimum absolute atomic E-state index is 0.0253. The van der Waals surface area contributed by atoms with Crippen molar-refractivity contribution in [2.45, 2.75) is 18.8 Å². The number of hydrogen-bond donors (Lipinski definition) is 0. The van der Waals surface area contributed by atoms with E-state index >= 15 is 0 Å². The summed E-state index contributed by atoms with van der Waals surface area (Å²) >= 11 is 1.49. The number of allylic oxidation sites excluding steroid dienone is 2. The van der Waals surface area contributed by atoms with Crippen LogP contribution in [0.4, 0.5) is 0 Å². The number of nitriles is 1. The third kappa shape index (κ3) is 4.24. The summed E-state index contributed by atoms with van der Waals surface area (Å²) in [5, 5.41) is 12.1. The first-order chi connectivity index (χ1) is 15.6. The van der Waals surface area contributed by atoms with Crippen molar-refractivity contribution >= 4 is 33.9 Å². The molecule has 3 aromatic rings. The van der Waals surface area contributed by atoms with Crippen molar-refractivity contribution in [1.82, 2.24) is 0 Å². The number of ketones is 1. The van der Waals surface area contributed by atoms with E-state index in [4.69, 9.17) is 9.47 Å². The van der Waals surface area contributed by atoms with Gasteiger partial charge in [-0.2, -0.15) is 5.26 Å². The molecule has 4 nitrogen and oxygen atoms in total. The zero-order valence-electron chi connectivity index (χ0n) is 18.4. The van der Waals surface area contributed by atoms with Gasteiger partial charge >= 0.3 is 0 Å². The molecule has 0 aromatic heterocycles. The fourth-order valence-electron chi connectivity index (χ4n) is 4.27. The molecule has 1 saturated carbocycles. The zero-order valence-corrected chi connectivity index (χ0v) is 19.2. The van der Waals surface area contributed by atoms with Crippen LogP contribution < -0.4 is 9.47 Å². The summed E-state index contributed by atoms with van der Waals surface area (Å²) < 4.78 is 10.7. The van der Waals surface area contributed by atoms with Gasteiger partial charge in [0.25, 0.3) is 0 Å². The highest BCUT2D eigenvalue weighted by molar-refractivity contribution is 8.02. The summed E-state index contributed by atoms with van der Waals surface area (Å²) in [5.41, 5.74) is 2.56. The molecular formula is C27H25NO3S. The van der Waals surface area contributed by atoms with Crippen LogP contribution in [0.15, 0.2) is 65.6 Å². The van der Waals surface area contributed by atoms with E-state index in [9.17, 15) is 10.1 Å². The minimum Gasteiger partial charge on any atom is -0.493 e. The highest BCUT2D eigenvalue weighted by Gasteiger charge is 2.44. The first-order valence-electron chi connectivity index (χ1n) is 10.5. The van der Waals surface area contributed by atoms with Gasteiger partial charge in [-0.05, 0) is 47.1 Å². The highest BCUT2D eigenvalue weighted by atomic mass is 32.2. The maximum Gasteiger partial charge on any atom is 0.160 e. The normalized spacial score (nSPS) is 17.9. The standard InChI is InChI=1S/C27H25NO3S/c1-30-25-12-11-18(13-26(25)31-2)21-14-22(21)24(29)15-27(32-3)23(16-28)20-10-6-8-17-7-4-5-9-19(17)20/h4-13,21-22H,14-15H2,1-3H3/b27-23-/t21-,22+/m0/s1. The van der Waals surface area contributed by atoms with Gasteiger partial charge in [-0.25, -0.2) is 0 Å². The molecule has 2 atom stereocenters. The van der Waals surface area contributed by atoms with Gasteiger partial charge in [0.2, 0.25) is 0 Å². The summed E-state index contributed by atoms with van der Waals surface area (Å²) in [6, 6.07) is 22.2. The van der Waals surface area contributed by atoms with Gasteiger partial charge in [-0.15, -0.1) is 11.8 Å². The van der Waals surface area contributed by atoms with Gasteiger partial charge in [0.1, 0.15) is 11.9 Å². The molecule has 1 fully saturated rings. The molecule has 4 rings (SSSR count). The Morgan fingerprint density at radius 2 is 1.81 bits per heavy atom. The van der Waals surface area contributed by atoms with E-state index in [1.807, 2.05) is 66.9 Å². The number of methoxy groups -OCH3 is 2. The molecule has 162 valence electrons. The monoisotopic (exact) mass is 443 g/mol. The SMILES string of the molecule is COc1ccc([C@@H]2C[C@H]2C(=O)C/C(SC)=C(\C#N)c2cccc3ccccc23)cc1OC. The van der Waals surface area contributed by atoms with Crippen LogP contribution in [0.25, 0.3) is 16.3 Å². The predicted octanol–water partition coefficient (Wildman–Crippen LogP) is 6.22. The average Bonchev–Trinajstić information content (AvgIpc) is 3.64. The number of hydrogen-bond acceptors (Lipinski definition) is 5. The van der Waals surface area contributed by atoms with E-state index in [-0.39, 0.29) is 24.0 Å². The van der Waals surface area contributed by atoms with Crippen molar-refractivity contribution in [2.24, 2.45) is 5.92 Å². The first-order valence-corrected chi connectivity index (χ1v) is 11.7.